The van der Waals surface area contributed by atoms with Crippen molar-refractivity contribution in [1.82, 2.24) is 0 Å². The number of nitrogens with two attached hydrogens (primary N) is 1. The topological polar surface area (TPSA) is 29.3 Å². The van der Waals surface area contributed by atoms with Gasteiger partial charge in [0.05, 0.1) is 0 Å². The van der Waals surface area contributed by atoms with Gasteiger partial charge in [-0.3, -0.25) is 0 Å². The van der Waals surface area contributed by atoms with Gasteiger partial charge in [0.25, 0.3) is 0 Å². The molecule has 0 aromatic heterocycles. The monoisotopic (exact) mass is 234 g/mol. The number of rotatable bonds is 6. The van der Waals surface area contributed by atoms with Crippen LogP contribution >= 0.6 is 0 Å². The molecule has 2 nitrogen and oxygen atoms in total. The van der Waals surface area contributed by atoms with Crippen LogP contribution in [-0.4, -0.2) is 14.1 Å². The Kier molecular flexibility index (Phi) is 5.49. The fourth-order valence-corrected chi connectivity index (χ4v) is 2.15. The van der Waals surface area contributed by atoms with Crippen LogP contribution in [0.4, 0.5) is 5.69 Å². The van der Waals surface area contributed by atoms with Crippen LogP contribution in [0.25, 0.3) is 0 Å². The molecule has 1 unspecified atom stereocenters. The number of hydrogen-bond acceptors (Lipinski definition) is 2. The van der Waals surface area contributed by atoms with Crippen molar-refractivity contribution in [2.24, 2.45) is 11.7 Å². The molecule has 1 atom stereocenters. The molecule has 0 aliphatic heterocycles. The van der Waals surface area contributed by atoms with Crippen molar-refractivity contribution >= 4 is 5.69 Å². The zero-order valence-electron chi connectivity index (χ0n) is 11.6. The smallest absolute Gasteiger partial charge is 0.0364 e. The minimum atomic E-state index is 0.166. The molecule has 0 aliphatic carbocycles. The van der Waals surface area contributed by atoms with E-state index in [1.54, 1.807) is 0 Å². The Morgan fingerprint density at radius 1 is 1.18 bits per heavy atom. The highest BCUT2D eigenvalue weighted by Gasteiger charge is 2.12. The van der Waals surface area contributed by atoms with Crippen LogP contribution in [0.5, 0.6) is 0 Å². The van der Waals surface area contributed by atoms with E-state index in [1.807, 2.05) is 0 Å². The van der Waals surface area contributed by atoms with Gasteiger partial charge >= 0.3 is 0 Å². The van der Waals surface area contributed by atoms with Gasteiger partial charge < -0.3 is 10.6 Å². The van der Waals surface area contributed by atoms with Gasteiger partial charge in [-0.05, 0) is 30.0 Å². The summed E-state index contributed by atoms with van der Waals surface area (Å²) in [5.74, 6) is 0.744. The van der Waals surface area contributed by atoms with E-state index in [0.717, 1.165) is 12.3 Å². The van der Waals surface area contributed by atoms with Crippen molar-refractivity contribution in [2.75, 3.05) is 19.0 Å². The molecule has 1 aromatic carbocycles. The highest BCUT2D eigenvalue weighted by Crippen LogP contribution is 2.25. The van der Waals surface area contributed by atoms with Gasteiger partial charge in [-0.1, -0.05) is 38.8 Å². The molecular weight excluding hydrogens is 208 g/mol. The maximum absolute atomic E-state index is 6.30. The third kappa shape index (κ3) is 4.04. The second-order valence-electron chi connectivity index (χ2n) is 5.01. The summed E-state index contributed by atoms with van der Waals surface area (Å²) in [4.78, 5) is 2.12. The summed E-state index contributed by atoms with van der Waals surface area (Å²) in [5.41, 5.74) is 8.77. The second-order valence-corrected chi connectivity index (χ2v) is 5.01. The molecule has 2 heteroatoms. The van der Waals surface area contributed by atoms with E-state index in [4.69, 9.17) is 5.73 Å². The van der Waals surface area contributed by atoms with Crippen LogP contribution in [0.1, 0.15) is 44.7 Å². The molecule has 0 heterocycles. The molecule has 1 aromatic rings. The van der Waals surface area contributed by atoms with Gasteiger partial charge in [0.15, 0.2) is 0 Å². The Morgan fingerprint density at radius 2 is 1.82 bits per heavy atom. The van der Waals surface area contributed by atoms with E-state index >= 15 is 0 Å². The second kappa shape index (κ2) is 6.65. The molecule has 0 saturated carbocycles. The summed E-state index contributed by atoms with van der Waals surface area (Å²) in [6, 6.07) is 8.72. The lowest BCUT2D eigenvalue weighted by Crippen LogP contribution is -2.16. The lowest BCUT2D eigenvalue weighted by Gasteiger charge is -2.20. The predicted octanol–water partition coefficient (Wildman–Crippen LogP) is 3.58. The van der Waals surface area contributed by atoms with Crippen LogP contribution in [0, 0.1) is 5.92 Å². The zero-order chi connectivity index (χ0) is 12.8. The quantitative estimate of drug-likeness (QED) is 0.815. The fourth-order valence-electron chi connectivity index (χ4n) is 2.15. The van der Waals surface area contributed by atoms with E-state index in [2.05, 4.69) is 57.1 Å². The van der Waals surface area contributed by atoms with Crippen molar-refractivity contribution in [3.8, 4) is 0 Å². The standard InChI is InChI=1S/C15H26N2/c1-5-12(6-2)10-15(16)13-8-7-9-14(11-13)17(3)4/h7-9,11-12,15H,5-6,10,16H2,1-4H3. The predicted molar refractivity (Wildman–Crippen MR) is 76.4 cm³/mol. The van der Waals surface area contributed by atoms with Crippen LogP contribution < -0.4 is 10.6 Å². The third-order valence-corrected chi connectivity index (χ3v) is 3.56. The van der Waals surface area contributed by atoms with Crippen LogP contribution in [0.2, 0.25) is 0 Å². The maximum atomic E-state index is 6.30. The minimum Gasteiger partial charge on any atom is -0.378 e. The first-order valence-electron chi connectivity index (χ1n) is 6.61. The summed E-state index contributed by atoms with van der Waals surface area (Å²) in [7, 11) is 4.12. The SMILES string of the molecule is CCC(CC)CC(N)c1cccc(N(C)C)c1. The van der Waals surface area contributed by atoms with E-state index in [1.165, 1.54) is 24.1 Å². The first-order chi connectivity index (χ1) is 8.08. The first-order valence-corrected chi connectivity index (χ1v) is 6.61. The van der Waals surface area contributed by atoms with Gasteiger partial charge in [0, 0.05) is 25.8 Å². The molecule has 0 amide bonds. The summed E-state index contributed by atoms with van der Waals surface area (Å²) >= 11 is 0. The number of benzene rings is 1. The molecule has 0 spiro atoms. The van der Waals surface area contributed by atoms with Crippen molar-refractivity contribution in [3.05, 3.63) is 29.8 Å². The first kappa shape index (κ1) is 14.0. The van der Waals surface area contributed by atoms with Crippen LogP contribution in [0.15, 0.2) is 24.3 Å². The zero-order valence-corrected chi connectivity index (χ0v) is 11.6. The summed E-state index contributed by atoms with van der Waals surface area (Å²) < 4.78 is 0. The van der Waals surface area contributed by atoms with Crippen molar-refractivity contribution in [3.63, 3.8) is 0 Å². The molecule has 0 aliphatic rings. The van der Waals surface area contributed by atoms with Gasteiger partial charge in [-0.15, -0.1) is 0 Å². The van der Waals surface area contributed by atoms with E-state index < -0.39 is 0 Å². The van der Waals surface area contributed by atoms with E-state index in [9.17, 15) is 0 Å². The van der Waals surface area contributed by atoms with E-state index in [0.29, 0.717) is 0 Å². The Hall–Kier alpha value is -1.02. The van der Waals surface area contributed by atoms with Gasteiger partial charge in [-0.25, -0.2) is 0 Å². The molecule has 1 rings (SSSR count). The number of anilines is 1. The molecule has 17 heavy (non-hydrogen) atoms. The largest absolute Gasteiger partial charge is 0.378 e. The van der Waals surface area contributed by atoms with Gasteiger partial charge in [-0.2, -0.15) is 0 Å². The lowest BCUT2D eigenvalue weighted by molar-refractivity contribution is 0.414. The molecular formula is C15H26N2. The van der Waals surface area contributed by atoms with Crippen molar-refractivity contribution in [1.29, 1.82) is 0 Å². The van der Waals surface area contributed by atoms with Crippen LogP contribution in [-0.2, 0) is 0 Å². The minimum absolute atomic E-state index is 0.166. The molecule has 96 valence electrons. The fraction of sp³-hybridized carbons (Fsp3) is 0.600. The summed E-state index contributed by atoms with van der Waals surface area (Å²) in [6.45, 7) is 4.49. The molecule has 0 radical (unpaired) electrons. The Balaban J connectivity index is 2.74. The molecule has 2 N–H and O–H groups in total. The molecule has 0 fully saturated rings. The van der Waals surface area contributed by atoms with Crippen LogP contribution in [0.3, 0.4) is 0 Å². The number of nitrogens with zero attached hydrogens (tertiary/aromatic N) is 1. The lowest BCUT2D eigenvalue weighted by atomic mass is 9.91. The third-order valence-electron chi connectivity index (χ3n) is 3.56. The van der Waals surface area contributed by atoms with Crippen molar-refractivity contribution in [2.45, 2.75) is 39.2 Å². The highest BCUT2D eigenvalue weighted by atomic mass is 15.1. The Morgan fingerprint density at radius 3 is 2.35 bits per heavy atom. The molecule has 0 saturated heterocycles. The maximum Gasteiger partial charge on any atom is 0.0364 e. The Labute approximate surface area is 106 Å². The summed E-state index contributed by atoms with van der Waals surface area (Å²) in [6.07, 6.45) is 3.53. The molecule has 0 bridgehead atoms. The average Bonchev–Trinajstić information content (AvgIpc) is 2.35. The van der Waals surface area contributed by atoms with Gasteiger partial charge in [0.2, 0.25) is 0 Å². The van der Waals surface area contributed by atoms with Crippen molar-refractivity contribution < 1.29 is 0 Å². The average molecular weight is 234 g/mol. The van der Waals surface area contributed by atoms with E-state index in [-0.39, 0.29) is 6.04 Å². The highest BCUT2D eigenvalue weighted by molar-refractivity contribution is 5.47. The Bertz CT molecular complexity index is 329. The summed E-state index contributed by atoms with van der Waals surface area (Å²) in [5, 5.41) is 0. The van der Waals surface area contributed by atoms with Gasteiger partial charge in [0.1, 0.15) is 0 Å². The normalized spacial score (nSPS) is 12.8. The number of hydrogen-bond donors (Lipinski definition) is 1.